The van der Waals surface area contributed by atoms with Gasteiger partial charge in [-0.2, -0.15) is 4.98 Å². The largest absolute Gasteiger partial charge is 0.393 e. The highest BCUT2D eigenvalue weighted by atomic mass is 79.9. The first-order chi connectivity index (χ1) is 8.54. The van der Waals surface area contributed by atoms with Gasteiger partial charge in [0.25, 0.3) is 0 Å². The summed E-state index contributed by atoms with van der Waals surface area (Å²) in [7, 11) is 1.96. The standard InChI is InChI=1S/C12H21BrN4O/c1-4-6-14-12-15-8-10(13)11(16-12)17(3)7-5-9(2)18/h8-9,18H,4-7H2,1-3H3,(H,14,15,16). The maximum Gasteiger partial charge on any atom is 0.224 e. The van der Waals surface area contributed by atoms with Crippen LogP contribution in [-0.2, 0) is 0 Å². The smallest absolute Gasteiger partial charge is 0.224 e. The molecule has 0 bridgehead atoms. The summed E-state index contributed by atoms with van der Waals surface area (Å²) in [5.41, 5.74) is 0. The Labute approximate surface area is 117 Å². The summed E-state index contributed by atoms with van der Waals surface area (Å²) in [4.78, 5) is 10.7. The van der Waals surface area contributed by atoms with Crippen molar-refractivity contribution < 1.29 is 5.11 Å². The molecule has 18 heavy (non-hydrogen) atoms. The van der Waals surface area contributed by atoms with Crippen molar-refractivity contribution in [1.82, 2.24) is 9.97 Å². The van der Waals surface area contributed by atoms with Crippen molar-refractivity contribution in [2.24, 2.45) is 0 Å². The minimum Gasteiger partial charge on any atom is -0.393 e. The van der Waals surface area contributed by atoms with Gasteiger partial charge in [-0.3, -0.25) is 0 Å². The van der Waals surface area contributed by atoms with E-state index in [1.165, 1.54) is 0 Å². The molecule has 0 saturated heterocycles. The van der Waals surface area contributed by atoms with Crippen molar-refractivity contribution in [3.63, 3.8) is 0 Å². The molecule has 0 radical (unpaired) electrons. The predicted molar refractivity (Wildman–Crippen MR) is 78.1 cm³/mol. The highest BCUT2D eigenvalue weighted by molar-refractivity contribution is 9.10. The lowest BCUT2D eigenvalue weighted by Gasteiger charge is -2.20. The normalized spacial score (nSPS) is 12.3. The monoisotopic (exact) mass is 316 g/mol. The molecule has 6 heteroatoms. The highest BCUT2D eigenvalue weighted by Gasteiger charge is 2.10. The number of hydrogen-bond acceptors (Lipinski definition) is 5. The van der Waals surface area contributed by atoms with Crippen LogP contribution in [0, 0.1) is 0 Å². The first-order valence-corrected chi connectivity index (χ1v) is 6.99. The highest BCUT2D eigenvalue weighted by Crippen LogP contribution is 2.23. The Balaban J connectivity index is 2.72. The second kappa shape index (κ2) is 7.53. The Morgan fingerprint density at radius 2 is 2.28 bits per heavy atom. The maximum atomic E-state index is 9.30. The number of halogens is 1. The van der Waals surface area contributed by atoms with E-state index in [0.29, 0.717) is 12.4 Å². The molecule has 1 rings (SSSR count). The SMILES string of the molecule is CCCNc1ncc(Br)c(N(C)CCC(C)O)n1. The lowest BCUT2D eigenvalue weighted by molar-refractivity contribution is 0.187. The fourth-order valence-corrected chi connectivity index (χ4v) is 1.93. The summed E-state index contributed by atoms with van der Waals surface area (Å²) >= 11 is 3.45. The van der Waals surface area contributed by atoms with Gasteiger partial charge in [0.2, 0.25) is 5.95 Å². The average molecular weight is 317 g/mol. The number of nitrogens with zero attached hydrogens (tertiary/aromatic N) is 3. The van der Waals surface area contributed by atoms with Crippen molar-refractivity contribution in [3.05, 3.63) is 10.7 Å². The third kappa shape index (κ3) is 4.78. The Morgan fingerprint density at radius 3 is 2.89 bits per heavy atom. The van der Waals surface area contributed by atoms with Gasteiger partial charge in [-0.05, 0) is 35.7 Å². The molecule has 1 aromatic rings. The molecular formula is C12H21BrN4O. The maximum absolute atomic E-state index is 9.30. The number of aliphatic hydroxyl groups is 1. The van der Waals surface area contributed by atoms with Crippen LogP contribution in [0.3, 0.4) is 0 Å². The van der Waals surface area contributed by atoms with E-state index in [2.05, 4.69) is 38.1 Å². The molecule has 0 aliphatic heterocycles. The lowest BCUT2D eigenvalue weighted by atomic mass is 10.3. The average Bonchev–Trinajstić information content (AvgIpc) is 2.35. The molecule has 0 amide bonds. The van der Waals surface area contributed by atoms with Crippen molar-refractivity contribution >= 4 is 27.7 Å². The molecule has 0 fully saturated rings. The summed E-state index contributed by atoms with van der Waals surface area (Å²) in [5, 5.41) is 12.5. The van der Waals surface area contributed by atoms with E-state index in [1.807, 2.05) is 11.9 Å². The topological polar surface area (TPSA) is 61.3 Å². The minimum atomic E-state index is -0.300. The van der Waals surface area contributed by atoms with Gasteiger partial charge in [0.15, 0.2) is 0 Å². The zero-order valence-electron chi connectivity index (χ0n) is 11.1. The van der Waals surface area contributed by atoms with E-state index >= 15 is 0 Å². The summed E-state index contributed by atoms with van der Waals surface area (Å²) in [6.07, 6.45) is 3.20. The van der Waals surface area contributed by atoms with Crippen LogP contribution >= 0.6 is 15.9 Å². The fraction of sp³-hybridized carbons (Fsp3) is 0.667. The van der Waals surface area contributed by atoms with Crippen molar-refractivity contribution in [1.29, 1.82) is 0 Å². The van der Waals surface area contributed by atoms with Gasteiger partial charge in [-0.15, -0.1) is 0 Å². The molecule has 0 spiro atoms. The molecule has 2 N–H and O–H groups in total. The van der Waals surface area contributed by atoms with E-state index in [9.17, 15) is 5.11 Å². The van der Waals surface area contributed by atoms with Crippen LogP contribution in [0.1, 0.15) is 26.7 Å². The van der Waals surface area contributed by atoms with Gasteiger partial charge in [-0.1, -0.05) is 6.92 Å². The minimum absolute atomic E-state index is 0.300. The molecule has 1 aromatic heterocycles. The van der Waals surface area contributed by atoms with Gasteiger partial charge in [-0.25, -0.2) is 4.98 Å². The fourth-order valence-electron chi connectivity index (χ4n) is 1.43. The van der Waals surface area contributed by atoms with Crippen LogP contribution in [0.25, 0.3) is 0 Å². The summed E-state index contributed by atoms with van der Waals surface area (Å²) in [6.45, 7) is 5.50. The van der Waals surface area contributed by atoms with E-state index in [1.54, 1.807) is 13.1 Å². The van der Waals surface area contributed by atoms with Crippen molar-refractivity contribution in [2.45, 2.75) is 32.8 Å². The molecule has 1 heterocycles. The molecule has 1 atom stereocenters. The predicted octanol–water partition coefficient (Wildman–Crippen LogP) is 2.27. The number of aliphatic hydroxyl groups excluding tert-OH is 1. The van der Waals surface area contributed by atoms with Gasteiger partial charge in [0.05, 0.1) is 10.6 Å². The van der Waals surface area contributed by atoms with E-state index in [4.69, 9.17) is 0 Å². The van der Waals surface area contributed by atoms with Crippen LogP contribution in [-0.4, -0.2) is 41.3 Å². The Morgan fingerprint density at radius 1 is 1.56 bits per heavy atom. The second-order valence-electron chi connectivity index (χ2n) is 4.35. The third-order valence-corrected chi connectivity index (χ3v) is 3.06. The second-order valence-corrected chi connectivity index (χ2v) is 5.21. The van der Waals surface area contributed by atoms with Crippen LogP contribution in [0.5, 0.6) is 0 Å². The Hall–Kier alpha value is -0.880. The molecule has 0 saturated carbocycles. The Bertz CT molecular complexity index is 373. The van der Waals surface area contributed by atoms with Crippen molar-refractivity contribution in [3.8, 4) is 0 Å². The molecule has 0 aromatic carbocycles. The molecular weight excluding hydrogens is 296 g/mol. The third-order valence-electron chi connectivity index (χ3n) is 2.50. The van der Waals surface area contributed by atoms with Gasteiger partial charge >= 0.3 is 0 Å². The molecule has 5 nitrogen and oxygen atoms in total. The van der Waals surface area contributed by atoms with Crippen molar-refractivity contribution in [2.75, 3.05) is 30.4 Å². The van der Waals surface area contributed by atoms with E-state index in [-0.39, 0.29) is 6.10 Å². The first-order valence-electron chi connectivity index (χ1n) is 6.20. The summed E-state index contributed by atoms with van der Waals surface area (Å²) in [5.74, 6) is 1.48. The quantitative estimate of drug-likeness (QED) is 0.808. The van der Waals surface area contributed by atoms with Gasteiger partial charge in [0, 0.05) is 26.3 Å². The van der Waals surface area contributed by atoms with Gasteiger partial charge < -0.3 is 15.3 Å². The zero-order valence-corrected chi connectivity index (χ0v) is 12.7. The number of hydrogen-bond donors (Lipinski definition) is 2. The lowest BCUT2D eigenvalue weighted by Crippen LogP contribution is -2.23. The van der Waals surface area contributed by atoms with Crippen LogP contribution in [0.2, 0.25) is 0 Å². The molecule has 1 unspecified atom stereocenters. The molecule has 102 valence electrons. The number of rotatable bonds is 7. The molecule has 0 aliphatic rings. The zero-order chi connectivity index (χ0) is 13.5. The van der Waals surface area contributed by atoms with E-state index in [0.717, 1.165) is 29.8 Å². The van der Waals surface area contributed by atoms with Crippen LogP contribution < -0.4 is 10.2 Å². The Kier molecular flexibility index (Phi) is 6.35. The number of aromatic nitrogens is 2. The number of anilines is 2. The number of nitrogens with one attached hydrogen (secondary N) is 1. The first kappa shape index (κ1) is 15.2. The van der Waals surface area contributed by atoms with Crippen LogP contribution in [0.15, 0.2) is 10.7 Å². The van der Waals surface area contributed by atoms with Gasteiger partial charge in [0.1, 0.15) is 5.82 Å². The summed E-state index contributed by atoms with van der Waals surface area (Å²) < 4.78 is 0.859. The van der Waals surface area contributed by atoms with E-state index < -0.39 is 0 Å². The molecule has 0 aliphatic carbocycles. The van der Waals surface area contributed by atoms with Crippen LogP contribution in [0.4, 0.5) is 11.8 Å². The summed E-state index contributed by atoms with van der Waals surface area (Å²) in [6, 6.07) is 0.